The van der Waals surface area contributed by atoms with Gasteiger partial charge in [-0.2, -0.15) is 0 Å². The molecular weight excluding hydrogens is 251 g/mol. The van der Waals surface area contributed by atoms with Crippen molar-refractivity contribution in [2.45, 2.75) is 31.8 Å². The summed E-state index contributed by atoms with van der Waals surface area (Å²) in [5.74, 6) is -0.500. The Morgan fingerprint density at radius 2 is 2.00 bits per heavy atom. The first-order valence-electron chi connectivity index (χ1n) is 4.82. The first-order chi connectivity index (χ1) is 7.41. The number of esters is 1. The number of ether oxygens (including phenoxy) is 1. The van der Waals surface area contributed by atoms with E-state index in [-0.39, 0.29) is 46.1 Å². The zero-order chi connectivity index (χ0) is 12.3. The predicted molar refractivity (Wildman–Crippen MR) is 58.9 cm³/mol. The van der Waals surface area contributed by atoms with Gasteiger partial charge < -0.3 is 9.29 Å². The Labute approximate surface area is 125 Å². The van der Waals surface area contributed by atoms with Crippen LogP contribution in [0.15, 0.2) is 23.1 Å². The molecule has 0 heterocycles. The van der Waals surface area contributed by atoms with Crippen LogP contribution < -0.4 is 29.6 Å². The van der Waals surface area contributed by atoms with Crippen molar-refractivity contribution >= 4 is 17.0 Å². The fraction of sp³-hybridized carbons (Fsp3) is 0.364. The largest absolute Gasteiger partial charge is 1.00 e. The van der Waals surface area contributed by atoms with Gasteiger partial charge in [-0.05, 0) is 49.5 Å². The molecule has 88 valence electrons. The minimum atomic E-state index is -2.33. The van der Waals surface area contributed by atoms with Crippen molar-refractivity contribution in [2.75, 3.05) is 0 Å². The Kier molecular flexibility index (Phi) is 7.20. The third-order valence-corrected chi connectivity index (χ3v) is 2.60. The number of aryl methyl sites for hydroxylation is 1. The van der Waals surface area contributed by atoms with E-state index in [2.05, 4.69) is 0 Å². The van der Waals surface area contributed by atoms with Gasteiger partial charge in [0.2, 0.25) is 0 Å². The molecule has 4 nitrogen and oxygen atoms in total. The van der Waals surface area contributed by atoms with Crippen molar-refractivity contribution in [2.24, 2.45) is 0 Å². The minimum absolute atomic E-state index is 0. The Morgan fingerprint density at radius 3 is 2.47 bits per heavy atom. The molecular formula is C11H13NaO4S. The molecule has 0 aliphatic rings. The van der Waals surface area contributed by atoms with Gasteiger partial charge >= 0.3 is 35.5 Å². The average molecular weight is 264 g/mol. The normalized spacial score (nSPS) is 11.8. The molecule has 1 aromatic rings. The second-order valence-corrected chi connectivity index (χ2v) is 4.61. The molecule has 0 aliphatic heterocycles. The molecule has 0 aromatic heterocycles. The van der Waals surface area contributed by atoms with Gasteiger partial charge in [-0.3, -0.25) is 4.21 Å². The van der Waals surface area contributed by atoms with E-state index >= 15 is 0 Å². The molecule has 17 heavy (non-hydrogen) atoms. The molecule has 1 rings (SSSR count). The van der Waals surface area contributed by atoms with E-state index in [1.165, 1.54) is 12.1 Å². The van der Waals surface area contributed by atoms with E-state index in [0.717, 1.165) is 0 Å². The van der Waals surface area contributed by atoms with Crippen LogP contribution >= 0.6 is 0 Å². The fourth-order valence-corrected chi connectivity index (χ4v) is 1.60. The molecule has 0 N–H and O–H groups in total. The molecule has 0 saturated carbocycles. The van der Waals surface area contributed by atoms with Gasteiger partial charge in [0.05, 0.1) is 11.7 Å². The van der Waals surface area contributed by atoms with E-state index in [1.807, 2.05) is 0 Å². The SMILES string of the molecule is Cc1ccc(S(=O)[O-])cc1C(=O)OC(C)C.[Na+]. The maximum atomic E-state index is 11.6. The van der Waals surface area contributed by atoms with Crippen LogP contribution in [-0.4, -0.2) is 20.8 Å². The standard InChI is InChI=1S/C11H14O4S.Na/c1-7(2)15-11(12)10-6-9(16(13)14)5-4-8(10)3;/h4-7H,1-3H3,(H,13,14);/q;+1/p-1. The molecule has 0 aliphatic carbocycles. The van der Waals surface area contributed by atoms with E-state index in [0.29, 0.717) is 5.56 Å². The van der Waals surface area contributed by atoms with E-state index in [4.69, 9.17) is 4.74 Å². The van der Waals surface area contributed by atoms with Crippen LogP contribution in [0.5, 0.6) is 0 Å². The van der Waals surface area contributed by atoms with Crippen LogP contribution in [0.2, 0.25) is 0 Å². The van der Waals surface area contributed by atoms with E-state index < -0.39 is 17.0 Å². The predicted octanol–water partition coefficient (Wildman–Crippen LogP) is -1.20. The molecule has 1 atom stereocenters. The first-order valence-corrected chi connectivity index (χ1v) is 5.90. The van der Waals surface area contributed by atoms with E-state index in [9.17, 15) is 13.6 Å². The van der Waals surface area contributed by atoms with Crippen LogP contribution in [0.25, 0.3) is 0 Å². The summed E-state index contributed by atoms with van der Waals surface area (Å²) >= 11 is -2.33. The number of benzene rings is 1. The Morgan fingerprint density at radius 1 is 1.41 bits per heavy atom. The number of hydrogen-bond acceptors (Lipinski definition) is 4. The van der Waals surface area contributed by atoms with Gasteiger partial charge in [0.25, 0.3) is 0 Å². The van der Waals surface area contributed by atoms with Crippen LogP contribution in [-0.2, 0) is 15.8 Å². The summed E-state index contributed by atoms with van der Waals surface area (Å²) in [6.45, 7) is 5.21. The summed E-state index contributed by atoms with van der Waals surface area (Å²) in [5, 5.41) is 0. The topological polar surface area (TPSA) is 66.4 Å². The minimum Gasteiger partial charge on any atom is -0.768 e. The summed E-state index contributed by atoms with van der Waals surface area (Å²) in [4.78, 5) is 11.7. The zero-order valence-corrected chi connectivity index (χ0v) is 13.2. The maximum Gasteiger partial charge on any atom is 1.00 e. The number of rotatable bonds is 3. The van der Waals surface area contributed by atoms with Gasteiger partial charge in [-0.25, -0.2) is 4.79 Å². The van der Waals surface area contributed by atoms with Crippen LogP contribution in [0.4, 0.5) is 0 Å². The van der Waals surface area contributed by atoms with Crippen LogP contribution in [0.1, 0.15) is 29.8 Å². The molecule has 6 heteroatoms. The molecule has 0 radical (unpaired) electrons. The van der Waals surface area contributed by atoms with Gasteiger partial charge in [0.1, 0.15) is 0 Å². The second-order valence-electron chi connectivity index (χ2n) is 3.67. The summed E-state index contributed by atoms with van der Waals surface area (Å²) < 4.78 is 26.5. The molecule has 1 unspecified atom stereocenters. The van der Waals surface area contributed by atoms with Gasteiger partial charge in [0.15, 0.2) is 0 Å². The summed E-state index contributed by atoms with van der Waals surface area (Å²) in [6.07, 6.45) is -0.228. The monoisotopic (exact) mass is 264 g/mol. The van der Waals surface area contributed by atoms with Crippen molar-refractivity contribution in [3.8, 4) is 0 Å². The van der Waals surface area contributed by atoms with Crippen molar-refractivity contribution in [3.63, 3.8) is 0 Å². The zero-order valence-electron chi connectivity index (χ0n) is 10.4. The Bertz CT molecular complexity index is 431. The molecule has 0 bridgehead atoms. The molecule has 0 saturated heterocycles. The van der Waals surface area contributed by atoms with Crippen molar-refractivity contribution in [1.82, 2.24) is 0 Å². The average Bonchev–Trinajstić information content (AvgIpc) is 2.16. The van der Waals surface area contributed by atoms with Crippen LogP contribution in [0.3, 0.4) is 0 Å². The van der Waals surface area contributed by atoms with E-state index in [1.54, 1.807) is 26.8 Å². The number of carbonyl (C=O) groups excluding carboxylic acids is 1. The molecule has 0 fully saturated rings. The van der Waals surface area contributed by atoms with Gasteiger partial charge in [0, 0.05) is 4.90 Å². The summed E-state index contributed by atoms with van der Waals surface area (Å²) in [7, 11) is 0. The van der Waals surface area contributed by atoms with Crippen molar-refractivity contribution in [3.05, 3.63) is 29.3 Å². The number of carbonyl (C=O) groups is 1. The van der Waals surface area contributed by atoms with Crippen molar-refractivity contribution < 1.29 is 47.9 Å². The maximum absolute atomic E-state index is 11.6. The third-order valence-electron chi connectivity index (χ3n) is 1.96. The quantitative estimate of drug-likeness (QED) is 0.391. The number of hydrogen-bond donors (Lipinski definition) is 0. The summed E-state index contributed by atoms with van der Waals surface area (Å²) in [5.41, 5.74) is 0.982. The van der Waals surface area contributed by atoms with Crippen molar-refractivity contribution in [1.29, 1.82) is 0 Å². The molecule has 0 spiro atoms. The summed E-state index contributed by atoms with van der Waals surface area (Å²) in [6, 6.07) is 4.36. The smallest absolute Gasteiger partial charge is 0.768 e. The molecule has 0 amide bonds. The first kappa shape index (κ1) is 16.8. The fourth-order valence-electron chi connectivity index (χ4n) is 1.20. The van der Waals surface area contributed by atoms with Gasteiger partial charge in [-0.1, -0.05) is 6.07 Å². The molecule has 1 aromatic carbocycles. The third kappa shape index (κ3) is 4.89. The Balaban J connectivity index is 0.00000256. The van der Waals surface area contributed by atoms with Crippen LogP contribution in [0, 0.1) is 6.92 Å². The Hall–Kier alpha value is -0.200. The second kappa shape index (κ2) is 7.28. The van der Waals surface area contributed by atoms with Gasteiger partial charge in [-0.15, -0.1) is 0 Å².